The Kier molecular flexibility index (Phi) is 8.52. The number of aliphatic hydroxyl groups is 1. The second-order valence-electron chi connectivity index (χ2n) is 6.78. The van der Waals surface area contributed by atoms with Gasteiger partial charge in [0.25, 0.3) is 5.91 Å². The van der Waals surface area contributed by atoms with Crippen LogP contribution in [0.4, 0.5) is 0 Å². The van der Waals surface area contributed by atoms with Crippen LogP contribution < -0.4 is 5.32 Å². The Morgan fingerprint density at radius 3 is 2.26 bits per heavy atom. The molecule has 0 radical (unpaired) electrons. The molecule has 0 spiro atoms. The average Bonchev–Trinajstić information content (AvgIpc) is 2.72. The number of rotatable bonds is 9. The summed E-state index contributed by atoms with van der Waals surface area (Å²) >= 11 is 6.09. The fourth-order valence-corrected chi connectivity index (χ4v) is 3.17. The minimum atomic E-state index is -0.708. The van der Waals surface area contributed by atoms with E-state index in [-0.39, 0.29) is 28.3 Å². The van der Waals surface area contributed by atoms with E-state index in [0.29, 0.717) is 5.56 Å². The lowest BCUT2D eigenvalue weighted by atomic mass is 10.0. The predicted octanol–water partition coefficient (Wildman–Crippen LogP) is 4.19. The first kappa shape index (κ1) is 23.8. The Hall–Kier alpha value is -3.45. The molecule has 2 aromatic carbocycles. The van der Waals surface area contributed by atoms with Gasteiger partial charge in [0.1, 0.15) is 12.4 Å². The SMILES string of the molecule is CC(=N)/C(C(C)=O)=C(\O)COC(=O)CC(NC(=O)c1ccccc1Cl)c1ccccc1. The quantitative estimate of drug-likeness (QED) is 0.233. The van der Waals surface area contributed by atoms with Crippen LogP contribution in [0, 0.1) is 5.41 Å². The van der Waals surface area contributed by atoms with Crippen molar-refractivity contribution in [2.75, 3.05) is 6.61 Å². The number of hydrogen-bond acceptors (Lipinski definition) is 6. The molecule has 0 aliphatic carbocycles. The fourth-order valence-electron chi connectivity index (χ4n) is 2.95. The number of carbonyl (C=O) groups is 3. The van der Waals surface area contributed by atoms with Gasteiger partial charge in [-0.25, -0.2) is 0 Å². The van der Waals surface area contributed by atoms with Gasteiger partial charge in [0.15, 0.2) is 5.78 Å². The number of ether oxygens (including phenoxy) is 1. The van der Waals surface area contributed by atoms with Gasteiger partial charge < -0.3 is 20.6 Å². The van der Waals surface area contributed by atoms with Crippen molar-refractivity contribution in [3.63, 3.8) is 0 Å². The summed E-state index contributed by atoms with van der Waals surface area (Å²) in [5.74, 6) is -2.15. The number of amides is 1. The molecule has 8 heteroatoms. The van der Waals surface area contributed by atoms with E-state index in [9.17, 15) is 19.5 Å². The Morgan fingerprint density at radius 1 is 1.06 bits per heavy atom. The van der Waals surface area contributed by atoms with Crippen molar-refractivity contribution < 1.29 is 24.2 Å². The zero-order valence-electron chi connectivity index (χ0n) is 17.1. The zero-order chi connectivity index (χ0) is 23.0. The highest BCUT2D eigenvalue weighted by Gasteiger charge is 2.22. The normalized spacial score (nSPS) is 12.4. The van der Waals surface area contributed by atoms with Crippen molar-refractivity contribution in [2.24, 2.45) is 0 Å². The molecule has 0 fully saturated rings. The van der Waals surface area contributed by atoms with E-state index in [4.69, 9.17) is 21.7 Å². The molecule has 2 aromatic rings. The van der Waals surface area contributed by atoms with E-state index in [1.807, 2.05) is 0 Å². The van der Waals surface area contributed by atoms with Crippen LogP contribution in [0.5, 0.6) is 0 Å². The molecule has 0 saturated carbocycles. The summed E-state index contributed by atoms with van der Waals surface area (Å²) in [6.45, 7) is 2.01. The van der Waals surface area contributed by atoms with Gasteiger partial charge in [0.2, 0.25) is 0 Å². The van der Waals surface area contributed by atoms with Crippen LogP contribution in [0.25, 0.3) is 0 Å². The molecule has 7 nitrogen and oxygen atoms in total. The highest BCUT2D eigenvalue weighted by atomic mass is 35.5. The summed E-state index contributed by atoms with van der Waals surface area (Å²) < 4.78 is 5.08. The van der Waals surface area contributed by atoms with E-state index >= 15 is 0 Å². The summed E-state index contributed by atoms with van der Waals surface area (Å²) in [7, 11) is 0. The third kappa shape index (κ3) is 6.79. The molecular formula is C23H23ClN2O5. The van der Waals surface area contributed by atoms with Crippen molar-refractivity contribution >= 4 is 35.0 Å². The van der Waals surface area contributed by atoms with Crippen LogP contribution in [0.15, 0.2) is 65.9 Å². The second-order valence-corrected chi connectivity index (χ2v) is 7.19. The summed E-state index contributed by atoms with van der Waals surface area (Å²) in [4.78, 5) is 36.6. The molecule has 1 unspecified atom stereocenters. The van der Waals surface area contributed by atoms with E-state index in [1.165, 1.54) is 13.8 Å². The number of esters is 1. The van der Waals surface area contributed by atoms with Crippen LogP contribution in [0.2, 0.25) is 5.02 Å². The van der Waals surface area contributed by atoms with Crippen LogP contribution in [-0.4, -0.2) is 35.1 Å². The van der Waals surface area contributed by atoms with Crippen molar-refractivity contribution in [3.8, 4) is 0 Å². The maximum atomic E-state index is 12.7. The smallest absolute Gasteiger partial charge is 0.308 e. The van der Waals surface area contributed by atoms with Crippen molar-refractivity contribution in [2.45, 2.75) is 26.3 Å². The number of halogens is 1. The molecule has 1 amide bonds. The van der Waals surface area contributed by atoms with E-state index in [0.717, 1.165) is 0 Å². The van der Waals surface area contributed by atoms with Gasteiger partial charge in [0.05, 0.1) is 28.6 Å². The summed E-state index contributed by atoms with van der Waals surface area (Å²) in [6, 6.07) is 14.7. The Balaban J connectivity index is 2.15. The van der Waals surface area contributed by atoms with Crippen molar-refractivity contribution in [1.29, 1.82) is 5.41 Å². The molecule has 3 N–H and O–H groups in total. The molecular weight excluding hydrogens is 420 g/mol. The highest BCUT2D eigenvalue weighted by Crippen LogP contribution is 2.21. The minimum Gasteiger partial charge on any atom is -0.508 e. The molecule has 0 saturated heterocycles. The van der Waals surface area contributed by atoms with Crippen molar-refractivity contribution in [1.82, 2.24) is 5.32 Å². The van der Waals surface area contributed by atoms with Gasteiger partial charge in [-0.15, -0.1) is 0 Å². The number of allylic oxidation sites excluding steroid dienone is 1. The van der Waals surface area contributed by atoms with E-state index < -0.39 is 36.1 Å². The van der Waals surface area contributed by atoms with Crippen LogP contribution in [0.1, 0.15) is 42.2 Å². The molecule has 0 aliphatic rings. The average molecular weight is 443 g/mol. The lowest BCUT2D eigenvalue weighted by molar-refractivity contribution is -0.144. The van der Waals surface area contributed by atoms with Gasteiger partial charge in [0, 0.05) is 5.71 Å². The molecule has 0 aliphatic heterocycles. The standard InChI is InChI=1S/C23H23ClN2O5/c1-14(25)22(15(2)27)20(28)13-31-21(29)12-19(16-8-4-3-5-9-16)26-23(30)17-10-6-7-11-18(17)24/h3-11,19,25,28H,12-13H2,1-2H3,(H,26,30)/b22-20+,25-14?. The maximum absolute atomic E-state index is 12.7. The topological polar surface area (TPSA) is 117 Å². The molecule has 0 aromatic heterocycles. The number of benzene rings is 2. The molecule has 31 heavy (non-hydrogen) atoms. The first-order chi connectivity index (χ1) is 14.7. The third-order valence-electron chi connectivity index (χ3n) is 4.38. The van der Waals surface area contributed by atoms with E-state index in [1.54, 1.807) is 54.6 Å². The maximum Gasteiger partial charge on any atom is 0.308 e. The van der Waals surface area contributed by atoms with Crippen molar-refractivity contribution in [3.05, 3.63) is 82.1 Å². The van der Waals surface area contributed by atoms with E-state index in [2.05, 4.69) is 5.32 Å². The van der Waals surface area contributed by atoms with Gasteiger partial charge in [-0.3, -0.25) is 14.4 Å². The van der Waals surface area contributed by atoms with Crippen LogP contribution in [0.3, 0.4) is 0 Å². The van der Waals surface area contributed by atoms with Gasteiger partial charge in [-0.05, 0) is 31.5 Å². The number of ketones is 1. The lowest BCUT2D eigenvalue weighted by Crippen LogP contribution is -2.31. The number of Topliss-reactive ketones (excluding diaryl/α,β-unsaturated/α-hetero) is 1. The second kappa shape index (κ2) is 11.1. The number of carbonyl (C=O) groups excluding carboxylic acids is 3. The van der Waals surface area contributed by atoms with Crippen LogP contribution >= 0.6 is 11.6 Å². The molecule has 2 rings (SSSR count). The lowest BCUT2D eigenvalue weighted by Gasteiger charge is -2.19. The Bertz CT molecular complexity index is 1000. The molecule has 1 atom stereocenters. The molecule has 162 valence electrons. The highest BCUT2D eigenvalue weighted by molar-refractivity contribution is 6.33. The largest absolute Gasteiger partial charge is 0.508 e. The third-order valence-corrected chi connectivity index (χ3v) is 4.71. The van der Waals surface area contributed by atoms with Crippen LogP contribution in [-0.2, 0) is 14.3 Å². The minimum absolute atomic E-state index is 0.129. The summed E-state index contributed by atoms with van der Waals surface area (Å²) in [5, 5.41) is 20.7. The Morgan fingerprint density at radius 2 is 1.68 bits per heavy atom. The number of aliphatic hydroxyl groups excluding tert-OH is 1. The number of nitrogens with one attached hydrogen (secondary N) is 2. The predicted molar refractivity (Wildman–Crippen MR) is 117 cm³/mol. The van der Waals surface area contributed by atoms with Gasteiger partial charge in [-0.2, -0.15) is 0 Å². The Labute approximate surface area is 185 Å². The summed E-state index contributed by atoms with van der Waals surface area (Å²) in [6.07, 6.45) is -0.216. The summed E-state index contributed by atoms with van der Waals surface area (Å²) in [5.41, 5.74) is 0.626. The van der Waals surface area contributed by atoms with Gasteiger partial charge >= 0.3 is 5.97 Å². The first-order valence-electron chi connectivity index (χ1n) is 9.45. The fraction of sp³-hybridized carbons (Fsp3) is 0.217. The zero-order valence-corrected chi connectivity index (χ0v) is 17.9. The molecule has 0 heterocycles. The van der Waals surface area contributed by atoms with Gasteiger partial charge in [-0.1, -0.05) is 54.1 Å². The molecule has 0 bridgehead atoms. The monoisotopic (exact) mass is 442 g/mol. The first-order valence-corrected chi connectivity index (χ1v) is 9.83. The number of hydrogen-bond donors (Lipinski definition) is 3.